The summed E-state index contributed by atoms with van der Waals surface area (Å²) < 4.78 is 12.5. The number of halogens is 1. The fourth-order valence-corrected chi connectivity index (χ4v) is 3.68. The molecule has 0 aromatic rings. The van der Waals surface area contributed by atoms with Gasteiger partial charge in [0.2, 0.25) is 0 Å². The summed E-state index contributed by atoms with van der Waals surface area (Å²) in [5.41, 5.74) is -0.348. The van der Waals surface area contributed by atoms with E-state index in [4.69, 9.17) is 0 Å². The van der Waals surface area contributed by atoms with E-state index in [1.165, 1.54) is 0 Å². The van der Waals surface area contributed by atoms with Gasteiger partial charge in [0.25, 0.3) is 0 Å². The van der Waals surface area contributed by atoms with Crippen LogP contribution in [0.2, 0.25) is 0 Å². The predicted octanol–water partition coefficient (Wildman–Crippen LogP) is 2.98. The molecular weight excluding hydrogens is 259 g/mol. The van der Waals surface area contributed by atoms with E-state index in [2.05, 4.69) is 4.90 Å². The highest BCUT2D eigenvalue weighted by Gasteiger charge is 2.39. The van der Waals surface area contributed by atoms with E-state index in [0.717, 1.165) is 38.8 Å². The van der Waals surface area contributed by atoms with Gasteiger partial charge in [0, 0.05) is 36.6 Å². The van der Waals surface area contributed by atoms with Crippen LogP contribution in [0.15, 0.2) is 0 Å². The Morgan fingerprint density at radius 3 is 2.20 bits per heavy atom. The lowest BCUT2D eigenvalue weighted by atomic mass is 9.85. The van der Waals surface area contributed by atoms with Crippen LogP contribution in [0.1, 0.15) is 46.5 Å². The molecule has 0 aromatic heterocycles. The molecule has 1 aliphatic heterocycles. The van der Waals surface area contributed by atoms with Gasteiger partial charge in [-0.1, -0.05) is 0 Å². The highest BCUT2D eigenvalue weighted by Crippen LogP contribution is 2.33. The lowest BCUT2D eigenvalue weighted by Gasteiger charge is -2.48. The SMILES string of the molecule is CC(C)(C)N(C(=O)O)[C@H]1CC[C@H](N2CC(CF)C2)CC1. The number of carboxylic acid groups (broad SMARTS) is 1. The molecule has 1 heterocycles. The first-order chi connectivity index (χ1) is 9.32. The highest BCUT2D eigenvalue weighted by atomic mass is 19.1. The third-order valence-electron chi connectivity index (χ3n) is 4.68. The number of nitrogens with zero attached hydrogens (tertiary/aromatic N) is 2. The monoisotopic (exact) mass is 286 g/mol. The summed E-state index contributed by atoms with van der Waals surface area (Å²) in [6, 6.07) is 0.659. The van der Waals surface area contributed by atoms with E-state index in [-0.39, 0.29) is 24.2 Å². The Hall–Kier alpha value is -0.840. The van der Waals surface area contributed by atoms with Gasteiger partial charge in [-0.25, -0.2) is 4.79 Å². The third kappa shape index (κ3) is 3.25. The number of amides is 1. The van der Waals surface area contributed by atoms with Gasteiger partial charge in [0.15, 0.2) is 0 Å². The Bertz CT molecular complexity index is 342. The molecule has 116 valence electrons. The Morgan fingerprint density at radius 1 is 1.25 bits per heavy atom. The van der Waals surface area contributed by atoms with Crippen molar-refractivity contribution in [3.05, 3.63) is 0 Å². The second kappa shape index (κ2) is 5.88. The van der Waals surface area contributed by atoms with Crippen molar-refractivity contribution >= 4 is 6.09 Å². The minimum Gasteiger partial charge on any atom is -0.465 e. The maximum Gasteiger partial charge on any atom is 0.407 e. The molecule has 2 aliphatic rings. The third-order valence-corrected chi connectivity index (χ3v) is 4.68. The van der Waals surface area contributed by atoms with Crippen LogP contribution in [0.5, 0.6) is 0 Å². The van der Waals surface area contributed by atoms with Crippen LogP contribution < -0.4 is 0 Å². The molecule has 0 spiro atoms. The molecule has 0 radical (unpaired) electrons. The van der Waals surface area contributed by atoms with E-state index in [1.54, 1.807) is 4.90 Å². The Labute approximate surface area is 120 Å². The summed E-state index contributed by atoms with van der Waals surface area (Å²) in [6.45, 7) is 7.42. The topological polar surface area (TPSA) is 43.8 Å². The van der Waals surface area contributed by atoms with Crippen LogP contribution in [0.4, 0.5) is 9.18 Å². The van der Waals surface area contributed by atoms with Crippen LogP contribution in [-0.2, 0) is 0 Å². The lowest BCUT2D eigenvalue weighted by molar-refractivity contribution is -0.000281. The van der Waals surface area contributed by atoms with Crippen molar-refractivity contribution in [1.82, 2.24) is 9.80 Å². The molecule has 0 aromatic carbocycles. The zero-order chi connectivity index (χ0) is 14.9. The maximum absolute atomic E-state index is 12.5. The van der Waals surface area contributed by atoms with Crippen LogP contribution in [0.25, 0.3) is 0 Å². The normalized spacial score (nSPS) is 29.0. The number of hydrogen-bond donors (Lipinski definition) is 1. The van der Waals surface area contributed by atoms with Crippen molar-refractivity contribution in [1.29, 1.82) is 0 Å². The van der Waals surface area contributed by atoms with Crippen LogP contribution in [-0.4, -0.2) is 58.4 Å². The zero-order valence-electron chi connectivity index (χ0n) is 12.8. The summed E-state index contributed by atoms with van der Waals surface area (Å²) in [5.74, 6) is 0.234. The summed E-state index contributed by atoms with van der Waals surface area (Å²) in [5, 5.41) is 9.43. The largest absolute Gasteiger partial charge is 0.465 e. The van der Waals surface area contributed by atoms with Crippen molar-refractivity contribution in [2.24, 2.45) is 5.92 Å². The smallest absolute Gasteiger partial charge is 0.407 e. The highest BCUT2D eigenvalue weighted by molar-refractivity contribution is 5.66. The van der Waals surface area contributed by atoms with E-state index in [0.29, 0.717) is 6.04 Å². The van der Waals surface area contributed by atoms with Gasteiger partial charge in [0.05, 0.1) is 6.67 Å². The number of carbonyl (C=O) groups is 1. The maximum atomic E-state index is 12.5. The quantitative estimate of drug-likeness (QED) is 0.867. The molecule has 0 atom stereocenters. The molecule has 0 unspecified atom stereocenters. The van der Waals surface area contributed by atoms with Crippen molar-refractivity contribution in [3.63, 3.8) is 0 Å². The number of alkyl halides is 1. The molecule has 1 amide bonds. The Kier molecular flexibility index (Phi) is 4.57. The first-order valence-electron chi connectivity index (χ1n) is 7.65. The van der Waals surface area contributed by atoms with Gasteiger partial charge < -0.3 is 10.0 Å². The molecular formula is C15H27FN2O2. The minimum atomic E-state index is -0.817. The van der Waals surface area contributed by atoms with Gasteiger partial charge in [0.1, 0.15) is 0 Å². The second-order valence-electron chi connectivity index (χ2n) is 7.26. The van der Waals surface area contributed by atoms with E-state index < -0.39 is 6.09 Å². The van der Waals surface area contributed by atoms with Gasteiger partial charge in [-0.3, -0.25) is 9.29 Å². The van der Waals surface area contributed by atoms with Crippen LogP contribution in [0, 0.1) is 5.92 Å². The molecule has 0 bridgehead atoms. The molecule has 2 rings (SSSR count). The molecule has 1 aliphatic carbocycles. The molecule has 1 saturated heterocycles. The lowest BCUT2D eigenvalue weighted by Crippen LogP contribution is -2.57. The Balaban J connectivity index is 1.86. The van der Waals surface area contributed by atoms with E-state index in [1.807, 2.05) is 20.8 Å². The van der Waals surface area contributed by atoms with Crippen molar-refractivity contribution in [2.75, 3.05) is 19.8 Å². The molecule has 20 heavy (non-hydrogen) atoms. The molecule has 5 heteroatoms. The average Bonchev–Trinajstić information content (AvgIpc) is 2.27. The zero-order valence-corrected chi connectivity index (χ0v) is 12.8. The average molecular weight is 286 g/mol. The molecule has 2 fully saturated rings. The standard InChI is InChI=1S/C15H27FN2O2/c1-15(2,3)18(14(19)20)13-6-4-12(5-7-13)17-9-11(8-16)10-17/h11-13H,4-10H2,1-3H3,(H,19,20)/t12-,13-. The predicted molar refractivity (Wildman–Crippen MR) is 76.7 cm³/mol. The summed E-state index contributed by atoms with van der Waals surface area (Å²) in [7, 11) is 0. The first kappa shape index (κ1) is 15.5. The van der Waals surface area contributed by atoms with Crippen LogP contribution in [0.3, 0.4) is 0 Å². The number of likely N-dealkylation sites (tertiary alicyclic amines) is 1. The second-order valence-corrected chi connectivity index (χ2v) is 7.26. The summed E-state index contributed by atoms with van der Waals surface area (Å²) in [6.07, 6.45) is 3.09. The number of hydrogen-bond acceptors (Lipinski definition) is 2. The molecule has 1 N–H and O–H groups in total. The van der Waals surface area contributed by atoms with Crippen LogP contribution >= 0.6 is 0 Å². The van der Waals surface area contributed by atoms with Gasteiger partial charge in [-0.15, -0.1) is 0 Å². The summed E-state index contributed by atoms with van der Waals surface area (Å²) in [4.78, 5) is 15.5. The summed E-state index contributed by atoms with van der Waals surface area (Å²) >= 11 is 0. The first-order valence-corrected chi connectivity index (χ1v) is 7.65. The fraction of sp³-hybridized carbons (Fsp3) is 0.933. The molecule has 4 nitrogen and oxygen atoms in total. The van der Waals surface area contributed by atoms with Gasteiger partial charge in [-0.2, -0.15) is 0 Å². The van der Waals surface area contributed by atoms with Crippen molar-refractivity contribution in [3.8, 4) is 0 Å². The van der Waals surface area contributed by atoms with Crippen molar-refractivity contribution < 1.29 is 14.3 Å². The van der Waals surface area contributed by atoms with Gasteiger partial charge >= 0.3 is 6.09 Å². The van der Waals surface area contributed by atoms with E-state index >= 15 is 0 Å². The minimum absolute atomic E-state index is 0.127. The molecule has 1 saturated carbocycles. The number of rotatable bonds is 3. The Morgan fingerprint density at radius 2 is 1.80 bits per heavy atom. The van der Waals surface area contributed by atoms with E-state index in [9.17, 15) is 14.3 Å². The van der Waals surface area contributed by atoms with Gasteiger partial charge in [-0.05, 0) is 46.5 Å². The fourth-order valence-electron chi connectivity index (χ4n) is 3.68. The van der Waals surface area contributed by atoms with Crippen molar-refractivity contribution in [2.45, 2.75) is 64.1 Å².